The van der Waals surface area contributed by atoms with E-state index in [2.05, 4.69) is 17.4 Å². The van der Waals surface area contributed by atoms with Gasteiger partial charge < -0.3 is 11.1 Å². The van der Waals surface area contributed by atoms with Gasteiger partial charge in [-0.1, -0.05) is 30.3 Å². The van der Waals surface area contributed by atoms with Crippen molar-refractivity contribution in [2.75, 3.05) is 13.1 Å². The summed E-state index contributed by atoms with van der Waals surface area (Å²) in [7, 11) is 0. The number of hydrogen-bond acceptors (Lipinski definition) is 2. The van der Waals surface area contributed by atoms with E-state index in [9.17, 15) is 4.79 Å². The molecule has 82 valence electrons. The fourth-order valence-corrected chi connectivity index (χ4v) is 1.47. The predicted octanol–water partition coefficient (Wildman–Crippen LogP) is 0.940. The second-order valence-corrected chi connectivity index (χ2v) is 3.73. The first-order valence-corrected chi connectivity index (χ1v) is 5.20. The Labute approximate surface area is 90.7 Å². The predicted molar refractivity (Wildman–Crippen MR) is 61.4 cm³/mol. The van der Waals surface area contributed by atoms with Gasteiger partial charge in [-0.05, 0) is 24.4 Å². The molecule has 0 bridgehead atoms. The SMILES string of the molecule is CC(=O)NC[C@@H](CN)Cc1ccccc1. The van der Waals surface area contributed by atoms with Crippen LogP contribution in [0.15, 0.2) is 30.3 Å². The molecule has 0 fully saturated rings. The van der Waals surface area contributed by atoms with Crippen LogP contribution < -0.4 is 11.1 Å². The smallest absolute Gasteiger partial charge is 0.216 e. The van der Waals surface area contributed by atoms with Gasteiger partial charge in [-0.15, -0.1) is 0 Å². The van der Waals surface area contributed by atoms with Gasteiger partial charge >= 0.3 is 0 Å². The number of hydrogen-bond donors (Lipinski definition) is 2. The van der Waals surface area contributed by atoms with E-state index < -0.39 is 0 Å². The Balaban J connectivity index is 2.43. The van der Waals surface area contributed by atoms with Crippen molar-refractivity contribution < 1.29 is 4.79 Å². The van der Waals surface area contributed by atoms with Crippen LogP contribution in [0.3, 0.4) is 0 Å². The van der Waals surface area contributed by atoms with Crippen molar-refractivity contribution in [2.24, 2.45) is 11.7 Å². The Bertz CT molecular complexity index is 298. The van der Waals surface area contributed by atoms with Crippen LogP contribution in [0.4, 0.5) is 0 Å². The molecule has 0 aliphatic heterocycles. The van der Waals surface area contributed by atoms with Crippen molar-refractivity contribution in [3.05, 3.63) is 35.9 Å². The minimum atomic E-state index is 0.00140. The van der Waals surface area contributed by atoms with Crippen molar-refractivity contribution in [2.45, 2.75) is 13.3 Å². The molecule has 0 aromatic heterocycles. The Hall–Kier alpha value is -1.35. The van der Waals surface area contributed by atoms with E-state index in [1.807, 2.05) is 18.2 Å². The number of amides is 1. The maximum Gasteiger partial charge on any atom is 0.216 e. The molecule has 1 atom stereocenters. The van der Waals surface area contributed by atoms with E-state index in [0.717, 1.165) is 6.42 Å². The second-order valence-electron chi connectivity index (χ2n) is 3.73. The molecule has 0 spiro atoms. The summed E-state index contributed by atoms with van der Waals surface area (Å²) in [4.78, 5) is 10.8. The minimum Gasteiger partial charge on any atom is -0.356 e. The normalized spacial score (nSPS) is 12.1. The third-order valence-electron chi connectivity index (χ3n) is 2.34. The maximum absolute atomic E-state index is 10.8. The highest BCUT2D eigenvalue weighted by Crippen LogP contribution is 2.06. The van der Waals surface area contributed by atoms with Gasteiger partial charge in [0.15, 0.2) is 0 Å². The lowest BCUT2D eigenvalue weighted by Crippen LogP contribution is -2.32. The summed E-state index contributed by atoms with van der Waals surface area (Å²) in [5.74, 6) is 0.317. The monoisotopic (exact) mass is 206 g/mol. The van der Waals surface area contributed by atoms with Crippen LogP contribution in [-0.4, -0.2) is 19.0 Å². The quantitative estimate of drug-likeness (QED) is 0.753. The van der Waals surface area contributed by atoms with E-state index in [0.29, 0.717) is 19.0 Å². The lowest BCUT2D eigenvalue weighted by atomic mass is 9.99. The largest absolute Gasteiger partial charge is 0.356 e. The molecule has 1 aromatic carbocycles. The summed E-state index contributed by atoms with van der Waals surface area (Å²) in [5.41, 5.74) is 6.92. The van der Waals surface area contributed by atoms with E-state index in [1.165, 1.54) is 12.5 Å². The van der Waals surface area contributed by atoms with Crippen LogP contribution in [0.25, 0.3) is 0 Å². The number of carbonyl (C=O) groups excluding carboxylic acids is 1. The molecule has 0 radical (unpaired) electrons. The zero-order valence-electron chi connectivity index (χ0n) is 9.07. The van der Waals surface area contributed by atoms with Gasteiger partial charge in [-0.25, -0.2) is 0 Å². The fraction of sp³-hybridized carbons (Fsp3) is 0.417. The van der Waals surface area contributed by atoms with Crippen molar-refractivity contribution in [3.8, 4) is 0 Å². The summed E-state index contributed by atoms with van der Waals surface area (Å²) in [6, 6.07) is 10.2. The number of nitrogens with two attached hydrogens (primary N) is 1. The van der Waals surface area contributed by atoms with E-state index >= 15 is 0 Å². The molecule has 0 heterocycles. The van der Waals surface area contributed by atoms with Crippen LogP contribution in [0, 0.1) is 5.92 Å². The summed E-state index contributed by atoms with van der Waals surface area (Å²) in [6.45, 7) is 2.77. The third-order valence-corrected chi connectivity index (χ3v) is 2.34. The van der Waals surface area contributed by atoms with Crippen molar-refractivity contribution in [1.29, 1.82) is 0 Å². The molecule has 15 heavy (non-hydrogen) atoms. The molecule has 3 N–H and O–H groups in total. The van der Waals surface area contributed by atoms with Gasteiger partial charge in [0.1, 0.15) is 0 Å². The molecule has 1 aromatic rings. The first kappa shape index (κ1) is 11.7. The Morgan fingerprint density at radius 2 is 2.07 bits per heavy atom. The number of benzene rings is 1. The van der Waals surface area contributed by atoms with Crippen molar-refractivity contribution in [1.82, 2.24) is 5.32 Å². The summed E-state index contributed by atoms with van der Waals surface area (Å²) >= 11 is 0. The van der Waals surface area contributed by atoms with Crippen LogP contribution in [0.1, 0.15) is 12.5 Å². The molecule has 3 heteroatoms. The Kier molecular flexibility index (Phi) is 4.84. The van der Waals surface area contributed by atoms with Crippen LogP contribution in [0.2, 0.25) is 0 Å². The van der Waals surface area contributed by atoms with Gasteiger partial charge in [0, 0.05) is 13.5 Å². The van der Waals surface area contributed by atoms with E-state index in [1.54, 1.807) is 0 Å². The Morgan fingerprint density at radius 3 is 2.60 bits per heavy atom. The highest BCUT2D eigenvalue weighted by atomic mass is 16.1. The molecule has 3 nitrogen and oxygen atoms in total. The standard InChI is InChI=1S/C12H18N2O/c1-10(15)14-9-12(8-13)7-11-5-3-2-4-6-11/h2-6,12H,7-9,13H2,1H3,(H,14,15)/t12-/m1/s1. The first-order chi connectivity index (χ1) is 7.22. The summed E-state index contributed by atoms with van der Waals surface area (Å²) in [6.07, 6.45) is 0.914. The Morgan fingerprint density at radius 1 is 1.40 bits per heavy atom. The van der Waals surface area contributed by atoms with Gasteiger partial charge in [0.05, 0.1) is 0 Å². The van der Waals surface area contributed by atoms with E-state index in [-0.39, 0.29) is 5.91 Å². The molecular formula is C12H18N2O. The zero-order valence-corrected chi connectivity index (χ0v) is 9.07. The highest BCUT2D eigenvalue weighted by molar-refractivity contribution is 5.72. The molecule has 0 unspecified atom stereocenters. The molecule has 0 saturated carbocycles. The van der Waals surface area contributed by atoms with E-state index in [4.69, 9.17) is 5.73 Å². The molecule has 0 aliphatic rings. The number of rotatable bonds is 5. The van der Waals surface area contributed by atoms with Crippen LogP contribution >= 0.6 is 0 Å². The lowest BCUT2D eigenvalue weighted by Gasteiger charge is -2.14. The molecule has 0 aliphatic carbocycles. The van der Waals surface area contributed by atoms with Gasteiger partial charge in [-0.3, -0.25) is 4.79 Å². The topological polar surface area (TPSA) is 55.1 Å². The molecule has 1 amide bonds. The van der Waals surface area contributed by atoms with Crippen molar-refractivity contribution >= 4 is 5.91 Å². The minimum absolute atomic E-state index is 0.00140. The molecular weight excluding hydrogens is 188 g/mol. The third kappa shape index (κ3) is 4.61. The highest BCUT2D eigenvalue weighted by Gasteiger charge is 2.07. The van der Waals surface area contributed by atoms with Crippen LogP contribution in [0.5, 0.6) is 0 Å². The van der Waals surface area contributed by atoms with Gasteiger partial charge in [0.25, 0.3) is 0 Å². The number of nitrogens with one attached hydrogen (secondary N) is 1. The number of carbonyl (C=O) groups is 1. The van der Waals surface area contributed by atoms with Crippen molar-refractivity contribution in [3.63, 3.8) is 0 Å². The second kappa shape index (κ2) is 6.19. The summed E-state index contributed by atoms with van der Waals surface area (Å²) < 4.78 is 0. The average Bonchev–Trinajstić information content (AvgIpc) is 2.25. The van der Waals surface area contributed by atoms with Gasteiger partial charge in [0.2, 0.25) is 5.91 Å². The van der Waals surface area contributed by atoms with Crippen LogP contribution in [-0.2, 0) is 11.2 Å². The average molecular weight is 206 g/mol. The fourth-order valence-electron chi connectivity index (χ4n) is 1.47. The summed E-state index contributed by atoms with van der Waals surface area (Å²) in [5, 5.41) is 2.80. The molecule has 1 rings (SSSR count). The zero-order chi connectivity index (χ0) is 11.1. The maximum atomic E-state index is 10.8. The van der Waals surface area contributed by atoms with Gasteiger partial charge in [-0.2, -0.15) is 0 Å². The lowest BCUT2D eigenvalue weighted by molar-refractivity contribution is -0.119. The first-order valence-electron chi connectivity index (χ1n) is 5.20. The molecule has 0 saturated heterocycles.